The maximum Gasteiger partial charge on any atom is 0.416 e. The van der Waals surface area contributed by atoms with Crippen molar-refractivity contribution in [3.63, 3.8) is 0 Å². The van der Waals surface area contributed by atoms with Crippen LogP contribution in [0.4, 0.5) is 13.2 Å². The van der Waals surface area contributed by atoms with E-state index in [9.17, 15) is 22.8 Å². The predicted octanol–water partition coefficient (Wildman–Crippen LogP) is 2.96. The molecule has 1 heterocycles. The molecule has 0 bridgehead atoms. The van der Waals surface area contributed by atoms with Gasteiger partial charge >= 0.3 is 12.1 Å². The van der Waals surface area contributed by atoms with Crippen molar-refractivity contribution in [2.45, 2.75) is 31.9 Å². The Labute approximate surface area is 131 Å². The van der Waals surface area contributed by atoms with Gasteiger partial charge in [0.2, 0.25) is 5.91 Å². The van der Waals surface area contributed by atoms with E-state index in [0.717, 1.165) is 12.1 Å². The first kappa shape index (κ1) is 17.3. The van der Waals surface area contributed by atoms with Crippen molar-refractivity contribution in [2.24, 2.45) is 5.92 Å². The first-order chi connectivity index (χ1) is 10.8. The van der Waals surface area contributed by atoms with Gasteiger partial charge in [0.05, 0.1) is 11.5 Å². The van der Waals surface area contributed by atoms with Crippen LogP contribution in [0, 0.1) is 5.92 Å². The number of aryl methyl sites for hydroxylation is 1. The second-order valence-electron chi connectivity index (χ2n) is 5.71. The van der Waals surface area contributed by atoms with Gasteiger partial charge in [-0.05, 0) is 37.0 Å². The van der Waals surface area contributed by atoms with E-state index in [-0.39, 0.29) is 18.9 Å². The number of piperidine rings is 1. The molecule has 1 aliphatic heterocycles. The molecule has 1 N–H and O–H groups in total. The average molecular weight is 329 g/mol. The summed E-state index contributed by atoms with van der Waals surface area (Å²) in [5, 5.41) is 9.01. The summed E-state index contributed by atoms with van der Waals surface area (Å²) in [6.07, 6.45) is -2.64. The quantitative estimate of drug-likeness (QED) is 0.924. The molecule has 0 aliphatic carbocycles. The van der Waals surface area contributed by atoms with E-state index in [1.165, 1.54) is 17.0 Å². The van der Waals surface area contributed by atoms with Gasteiger partial charge in [-0.1, -0.05) is 12.1 Å². The molecule has 4 nitrogen and oxygen atoms in total. The molecular formula is C16H18F3NO3. The molecule has 0 spiro atoms. The fourth-order valence-electron chi connectivity index (χ4n) is 2.68. The highest BCUT2D eigenvalue weighted by molar-refractivity contribution is 5.78. The Morgan fingerprint density at radius 3 is 2.43 bits per heavy atom. The van der Waals surface area contributed by atoms with Crippen molar-refractivity contribution in [1.82, 2.24) is 4.90 Å². The maximum atomic E-state index is 12.5. The minimum atomic E-state index is -4.37. The number of carboxylic acids is 1. The van der Waals surface area contributed by atoms with Crippen molar-refractivity contribution in [2.75, 3.05) is 13.1 Å². The molecule has 7 heteroatoms. The van der Waals surface area contributed by atoms with Gasteiger partial charge in [0.25, 0.3) is 0 Å². The number of rotatable bonds is 4. The topological polar surface area (TPSA) is 57.6 Å². The number of benzene rings is 1. The Morgan fingerprint density at radius 2 is 1.87 bits per heavy atom. The minimum absolute atomic E-state index is 0.157. The normalized spacial score (nSPS) is 18.7. The van der Waals surface area contributed by atoms with E-state index >= 15 is 0 Å². The van der Waals surface area contributed by atoms with E-state index in [2.05, 4.69) is 0 Å². The Bertz CT molecular complexity index is 569. The lowest BCUT2D eigenvalue weighted by Crippen LogP contribution is -2.42. The van der Waals surface area contributed by atoms with Crippen LogP contribution in [0.3, 0.4) is 0 Å². The summed E-state index contributed by atoms with van der Waals surface area (Å²) in [4.78, 5) is 24.6. The molecule has 1 aromatic rings. The molecule has 1 aliphatic rings. The highest BCUT2D eigenvalue weighted by atomic mass is 19.4. The fraction of sp³-hybridized carbons (Fsp3) is 0.500. The Morgan fingerprint density at radius 1 is 1.22 bits per heavy atom. The Balaban J connectivity index is 1.88. The number of halogens is 3. The van der Waals surface area contributed by atoms with E-state index < -0.39 is 23.6 Å². The fourth-order valence-corrected chi connectivity index (χ4v) is 2.68. The number of hydrogen-bond acceptors (Lipinski definition) is 2. The third-order valence-electron chi connectivity index (χ3n) is 4.03. The van der Waals surface area contributed by atoms with Crippen molar-refractivity contribution >= 4 is 11.9 Å². The highest BCUT2D eigenvalue weighted by Crippen LogP contribution is 2.29. The zero-order chi connectivity index (χ0) is 17.0. The van der Waals surface area contributed by atoms with Gasteiger partial charge in [-0.2, -0.15) is 13.2 Å². The van der Waals surface area contributed by atoms with E-state index in [0.29, 0.717) is 31.4 Å². The van der Waals surface area contributed by atoms with Crippen LogP contribution in [0.15, 0.2) is 24.3 Å². The van der Waals surface area contributed by atoms with Crippen LogP contribution in [0.2, 0.25) is 0 Å². The summed E-state index contributed by atoms with van der Waals surface area (Å²) < 4.78 is 37.4. The third kappa shape index (κ3) is 4.71. The van der Waals surface area contributed by atoms with Crippen LogP contribution in [0.1, 0.15) is 30.4 Å². The Hall–Kier alpha value is -2.05. The summed E-state index contributed by atoms with van der Waals surface area (Å²) in [6.45, 7) is 0.747. The molecule has 1 saturated heterocycles. The number of carbonyl (C=O) groups is 2. The zero-order valence-corrected chi connectivity index (χ0v) is 12.5. The van der Waals surface area contributed by atoms with Crippen LogP contribution in [-0.4, -0.2) is 35.0 Å². The van der Waals surface area contributed by atoms with Gasteiger partial charge in [0.1, 0.15) is 0 Å². The molecule has 0 radical (unpaired) electrons. The monoisotopic (exact) mass is 329 g/mol. The van der Waals surface area contributed by atoms with Gasteiger partial charge in [0.15, 0.2) is 0 Å². The summed E-state index contributed by atoms with van der Waals surface area (Å²) in [7, 11) is 0. The van der Waals surface area contributed by atoms with Crippen molar-refractivity contribution in [3.05, 3.63) is 35.4 Å². The zero-order valence-electron chi connectivity index (χ0n) is 12.5. The Kier molecular flexibility index (Phi) is 5.28. The van der Waals surface area contributed by atoms with Crippen LogP contribution in [-0.2, 0) is 22.2 Å². The lowest BCUT2D eigenvalue weighted by molar-refractivity contribution is -0.145. The summed E-state index contributed by atoms with van der Waals surface area (Å²) in [5.41, 5.74) is -0.0638. The smallest absolute Gasteiger partial charge is 0.416 e. The highest BCUT2D eigenvalue weighted by Gasteiger charge is 2.30. The molecule has 23 heavy (non-hydrogen) atoms. The number of hydrogen-bond donors (Lipinski definition) is 1. The molecule has 1 amide bonds. The van der Waals surface area contributed by atoms with Gasteiger partial charge in [-0.25, -0.2) is 0 Å². The molecule has 1 atom stereocenters. The first-order valence-electron chi connectivity index (χ1n) is 7.44. The van der Waals surface area contributed by atoms with Gasteiger partial charge < -0.3 is 10.0 Å². The lowest BCUT2D eigenvalue weighted by Gasteiger charge is -2.30. The number of carbonyl (C=O) groups excluding carboxylic acids is 1. The summed E-state index contributed by atoms with van der Waals surface area (Å²) >= 11 is 0. The van der Waals surface area contributed by atoms with Crippen LogP contribution in [0.5, 0.6) is 0 Å². The van der Waals surface area contributed by atoms with Crippen molar-refractivity contribution in [3.8, 4) is 0 Å². The number of amides is 1. The molecule has 2 rings (SSSR count). The second kappa shape index (κ2) is 7.02. The van der Waals surface area contributed by atoms with E-state index in [4.69, 9.17) is 5.11 Å². The number of alkyl halides is 3. The number of nitrogens with zero attached hydrogens (tertiary/aromatic N) is 1. The van der Waals surface area contributed by atoms with Gasteiger partial charge in [-0.15, -0.1) is 0 Å². The number of likely N-dealkylation sites (tertiary alicyclic amines) is 1. The molecular weight excluding hydrogens is 311 g/mol. The minimum Gasteiger partial charge on any atom is -0.481 e. The molecule has 1 aromatic carbocycles. The molecule has 0 aromatic heterocycles. The van der Waals surface area contributed by atoms with Crippen LogP contribution >= 0.6 is 0 Å². The largest absolute Gasteiger partial charge is 0.481 e. The second-order valence-corrected chi connectivity index (χ2v) is 5.71. The number of aliphatic carboxylic acids is 1. The predicted molar refractivity (Wildman–Crippen MR) is 76.7 cm³/mol. The average Bonchev–Trinajstić information content (AvgIpc) is 2.52. The third-order valence-corrected chi connectivity index (χ3v) is 4.03. The molecule has 0 unspecified atom stereocenters. The van der Waals surface area contributed by atoms with Crippen LogP contribution < -0.4 is 0 Å². The molecule has 126 valence electrons. The summed E-state index contributed by atoms with van der Waals surface area (Å²) in [5.74, 6) is -1.58. The lowest BCUT2D eigenvalue weighted by atomic mass is 9.97. The van der Waals surface area contributed by atoms with Crippen molar-refractivity contribution < 1.29 is 27.9 Å². The van der Waals surface area contributed by atoms with E-state index in [1.54, 1.807) is 0 Å². The first-order valence-corrected chi connectivity index (χ1v) is 7.44. The molecule has 0 saturated carbocycles. The van der Waals surface area contributed by atoms with E-state index in [1.807, 2.05) is 0 Å². The van der Waals surface area contributed by atoms with Gasteiger partial charge in [-0.3, -0.25) is 9.59 Å². The SMILES string of the molecule is O=C(O)[C@H]1CCCN(C(=O)CCc2ccc(C(F)(F)F)cc2)C1. The van der Waals surface area contributed by atoms with Gasteiger partial charge in [0, 0.05) is 19.5 Å². The standard InChI is InChI=1S/C16H18F3NO3/c17-16(18,19)13-6-3-11(4-7-13)5-8-14(21)20-9-1-2-12(10-20)15(22)23/h3-4,6-7,12H,1-2,5,8-10H2,(H,22,23)/t12-/m0/s1. The maximum absolute atomic E-state index is 12.5. The van der Waals surface area contributed by atoms with Crippen LogP contribution in [0.25, 0.3) is 0 Å². The molecule has 1 fully saturated rings. The summed E-state index contributed by atoms with van der Waals surface area (Å²) in [6, 6.07) is 4.74. The van der Waals surface area contributed by atoms with Crippen molar-refractivity contribution in [1.29, 1.82) is 0 Å². The number of carboxylic acid groups (broad SMARTS) is 1.